The summed E-state index contributed by atoms with van der Waals surface area (Å²) < 4.78 is 27.1. The van der Waals surface area contributed by atoms with E-state index in [0.717, 1.165) is 11.1 Å². The van der Waals surface area contributed by atoms with Crippen molar-refractivity contribution >= 4 is 15.7 Å². The zero-order valence-corrected chi connectivity index (χ0v) is 11.6. The molecular weight excluding hydrogens is 264 g/mol. The van der Waals surface area contributed by atoms with Crippen LogP contribution >= 0.6 is 0 Å². The molecule has 102 valence electrons. The number of hydrogen-bond acceptors (Lipinski definition) is 4. The van der Waals surface area contributed by atoms with Crippen LogP contribution in [0.15, 0.2) is 29.4 Å². The third-order valence-electron chi connectivity index (χ3n) is 2.89. The average Bonchev–Trinajstić information content (AvgIpc) is 2.80. The van der Waals surface area contributed by atoms with Crippen molar-refractivity contribution in [3.63, 3.8) is 0 Å². The van der Waals surface area contributed by atoms with Crippen molar-refractivity contribution in [1.29, 1.82) is 0 Å². The highest BCUT2D eigenvalue weighted by Crippen LogP contribution is 2.22. The minimum absolute atomic E-state index is 0.236. The maximum atomic E-state index is 12.3. The Kier molecular flexibility index (Phi) is 3.59. The van der Waals surface area contributed by atoms with E-state index in [1.165, 1.54) is 12.4 Å². The van der Waals surface area contributed by atoms with E-state index in [4.69, 9.17) is 5.73 Å². The number of sulfonamides is 1. The van der Waals surface area contributed by atoms with Crippen LogP contribution in [0.2, 0.25) is 0 Å². The lowest BCUT2D eigenvalue weighted by atomic mass is 10.1. The lowest BCUT2D eigenvalue weighted by Crippen LogP contribution is -2.15. The van der Waals surface area contributed by atoms with Crippen molar-refractivity contribution in [2.75, 3.05) is 4.72 Å². The van der Waals surface area contributed by atoms with Crippen LogP contribution in [0, 0.1) is 13.8 Å². The summed E-state index contributed by atoms with van der Waals surface area (Å²) in [6, 6.07) is 3.44. The Morgan fingerprint density at radius 1 is 1.32 bits per heavy atom. The Labute approximate surface area is 112 Å². The molecule has 0 amide bonds. The Morgan fingerprint density at radius 2 is 2.05 bits per heavy atom. The molecule has 1 aromatic carbocycles. The highest BCUT2D eigenvalue weighted by Gasteiger charge is 2.18. The van der Waals surface area contributed by atoms with Crippen LogP contribution in [0.4, 0.5) is 5.69 Å². The van der Waals surface area contributed by atoms with Crippen molar-refractivity contribution < 1.29 is 8.42 Å². The van der Waals surface area contributed by atoms with E-state index in [9.17, 15) is 8.42 Å². The van der Waals surface area contributed by atoms with Gasteiger partial charge in [0.15, 0.2) is 0 Å². The number of nitrogens with zero attached hydrogens (tertiary/aromatic N) is 1. The second-order valence-electron chi connectivity index (χ2n) is 4.34. The van der Waals surface area contributed by atoms with Crippen molar-refractivity contribution in [3.05, 3.63) is 41.2 Å². The molecule has 0 spiro atoms. The highest BCUT2D eigenvalue weighted by molar-refractivity contribution is 7.92. The quantitative estimate of drug-likeness (QED) is 0.785. The molecule has 0 saturated carbocycles. The van der Waals surface area contributed by atoms with E-state index < -0.39 is 10.0 Å². The molecule has 2 aromatic rings. The molecule has 7 heteroatoms. The fourth-order valence-electron chi connectivity index (χ4n) is 1.90. The molecule has 2 rings (SSSR count). The third kappa shape index (κ3) is 2.77. The standard InChI is InChI=1S/C12H16N4O2S/c1-8-3-9(2)12(4-10(8)5-13)19(17,18)16-11-6-14-15-7-11/h3-4,6-7,16H,5,13H2,1-2H3,(H,14,15). The van der Waals surface area contributed by atoms with Crippen molar-refractivity contribution in [2.45, 2.75) is 25.3 Å². The molecule has 0 bridgehead atoms. The number of aromatic amines is 1. The molecule has 0 aliphatic rings. The molecule has 1 heterocycles. The van der Waals surface area contributed by atoms with Gasteiger partial charge >= 0.3 is 0 Å². The van der Waals surface area contributed by atoms with Crippen LogP contribution in [0.5, 0.6) is 0 Å². The number of anilines is 1. The summed E-state index contributed by atoms with van der Waals surface area (Å²) in [6.07, 6.45) is 2.88. The minimum Gasteiger partial charge on any atom is -0.326 e. The molecule has 0 fully saturated rings. The molecule has 4 N–H and O–H groups in total. The van der Waals surface area contributed by atoms with Gasteiger partial charge in [-0.15, -0.1) is 0 Å². The third-order valence-corrected chi connectivity index (χ3v) is 4.42. The van der Waals surface area contributed by atoms with E-state index in [1.54, 1.807) is 13.0 Å². The fourth-order valence-corrected chi connectivity index (χ4v) is 3.21. The number of hydrogen-bond donors (Lipinski definition) is 3. The summed E-state index contributed by atoms with van der Waals surface area (Å²) in [4.78, 5) is 0.236. The van der Waals surface area contributed by atoms with Crippen LogP contribution in [-0.2, 0) is 16.6 Å². The first-order chi connectivity index (χ1) is 8.94. The topological polar surface area (TPSA) is 101 Å². The Morgan fingerprint density at radius 3 is 2.63 bits per heavy atom. The van der Waals surface area contributed by atoms with E-state index in [-0.39, 0.29) is 4.90 Å². The SMILES string of the molecule is Cc1cc(C)c(S(=O)(=O)Nc2cn[nH]c2)cc1CN. The summed E-state index contributed by atoms with van der Waals surface area (Å²) in [7, 11) is -3.63. The van der Waals surface area contributed by atoms with E-state index in [2.05, 4.69) is 14.9 Å². The van der Waals surface area contributed by atoms with Crippen LogP contribution < -0.4 is 10.5 Å². The number of aromatic nitrogens is 2. The van der Waals surface area contributed by atoms with E-state index >= 15 is 0 Å². The number of nitrogens with two attached hydrogens (primary N) is 1. The van der Waals surface area contributed by atoms with Crippen LogP contribution in [0.3, 0.4) is 0 Å². The van der Waals surface area contributed by atoms with Crippen LogP contribution in [-0.4, -0.2) is 18.6 Å². The maximum Gasteiger partial charge on any atom is 0.262 e. The van der Waals surface area contributed by atoms with Gasteiger partial charge < -0.3 is 5.73 Å². The predicted molar refractivity (Wildman–Crippen MR) is 73.2 cm³/mol. The van der Waals surface area contributed by atoms with Gasteiger partial charge in [0, 0.05) is 12.7 Å². The van der Waals surface area contributed by atoms with Gasteiger partial charge in [-0.05, 0) is 36.6 Å². The maximum absolute atomic E-state index is 12.3. The Balaban J connectivity index is 2.45. The lowest BCUT2D eigenvalue weighted by molar-refractivity contribution is 0.600. The molecular formula is C12H16N4O2S. The Bertz CT molecular complexity index is 678. The number of aryl methyl sites for hydroxylation is 2. The number of nitrogens with one attached hydrogen (secondary N) is 2. The van der Waals surface area contributed by atoms with Gasteiger partial charge in [0.05, 0.1) is 16.8 Å². The fraction of sp³-hybridized carbons (Fsp3) is 0.250. The first-order valence-electron chi connectivity index (χ1n) is 5.76. The first kappa shape index (κ1) is 13.6. The van der Waals surface area contributed by atoms with Crippen molar-refractivity contribution in [2.24, 2.45) is 5.73 Å². The molecule has 6 nitrogen and oxygen atoms in total. The molecule has 19 heavy (non-hydrogen) atoms. The molecule has 0 aliphatic heterocycles. The second-order valence-corrected chi connectivity index (χ2v) is 5.99. The highest BCUT2D eigenvalue weighted by atomic mass is 32.2. The summed E-state index contributed by atoms with van der Waals surface area (Å²) >= 11 is 0. The van der Waals surface area contributed by atoms with E-state index in [1.807, 2.05) is 13.0 Å². The monoisotopic (exact) mass is 280 g/mol. The van der Waals surface area contributed by atoms with Crippen LogP contribution in [0.25, 0.3) is 0 Å². The largest absolute Gasteiger partial charge is 0.326 e. The number of benzene rings is 1. The Hall–Kier alpha value is -1.86. The van der Waals surface area contributed by atoms with Crippen molar-refractivity contribution in [1.82, 2.24) is 10.2 Å². The first-order valence-corrected chi connectivity index (χ1v) is 7.24. The molecule has 0 saturated heterocycles. The van der Waals surface area contributed by atoms with Crippen molar-refractivity contribution in [3.8, 4) is 0 Å². The van der Waals surface area contributed by atoms with Gasteiger partial charge in [0.1, 0.15) is 0 Å². The summed E-state index contributed by atoms with van der Waals surface area (Å²) in [5, 5.41) is 6.25. The van der Waals surface area contributed by atoms with Gasteiger partial charge in [0.25, 0.3) is 10.0 Å². The molecule has 0 aliphatic carbocycles. The lowest BCUT2D eigenvalue weighted by Gasteiger charge is -2.12. The molecule has 0 unspecified atom stereocenters. The molecule has 0 atom stereocenters. The average molecular weight is 280 g/mol. The predicted octanol–water partition coefficient (Wildman–Crippen LogP) is 1.29. The smallest absolute Gasteiger partial charge is 0.262 e. The van der Waals surface area contributed by atoms with Gasteiger partial charge in [-0.3, -0.25) is 9.82 Å². The molecule has 0 radical (unpaired) electrons. The summed E-state index contributed by atoms with van der Waals surface area (Å²) in [6.45, 7) is 3.98. The zero-order valence-electron chi connectivity index (χ0n) is 10.8. The summed E-state index contributed by atoms with van der Waals surface area (Å²) in [5.41, 5.74) is 8.51. The van der Waals surface area contributed by atoms with Gasteiger partial charge in [-0.25, -0.2) is 8.42 Å². The minimum atomic E-state index is -3.63. The second kappa shape index (κ2) is 5.02. The van der Waals surface area contributed by atoms with Gasteiger partial charge in [-0.2, -0.15) is 5.10 Å². The van der Waals surface area contributed by atoms with Gasteiger partial charge in [0.2, 0.25) is 0 Å². The zero-order chi connectivity index (χ0) is 14.0. The number of H-pyrrole nitrogens is 1. The van der Waals surface area contributed by atoms with Gasteiger partial charge in [-0.1, -0.05) is 6.07 Å². The number of rotatable bonds is 4. The van der Waals surface area contributed by atoms with Crippen LogP contribution in [0.1, 0.15) is 16.7 Å². The molecule has 1 aromatic heterocycles. The normalized spacial score (nSPS) is 11.5. The summed E-state index contributed by atoms with van der Waals surface area (Å²) in [5.74, 6) is 0. The van der Waals surface area contributed by atoms with E-state index in [0.29, 0.717) is 17.8 Å².